The van der Waals surface area contributed by atoms with Gasteiger partial charge in [-0.1, -0.05) is 12.1 Å². The van der Waals surface area contributed by atoms with Crippen LogP contribution in [0.3, 0.4) is 0 Å². The molecule has 2 rings (SSSR count). The van der Waals surface area contributed by atoms with Gasteiger partial charge in [0.1, 0.15) is 0 Å². The highest BCUT2D eigenvalue weighted by atomic mass is 19.4. The van der Waals surface area contributed by atoms with Gasteiger partial charge in [0.25, 0.3) is 5.91 Å². The van der Waals surface area contributed by atoms with Gasteiger partial charge in [0, 0.05) is 18.7 Å². The predicted octanol–water partition coefficient (Wildman–Crippen LogP) is 3.07. The lowest BCUT2D eigenvalue weighted by Crippen LogP contribution is -2.38. The Labute approximate surface area is 222 Å². The predicted molar refractivity (Wildman–Crippen MR) is 133 cm³/mol. The standard InChI is InChI=1S/C27H23F3N2O7/c1-5-23(33)31-20-16-21(37-3)22(15-19(20)26(36)38-4)39-13-7-12-32(24(34)6-2)25(35)14-17-8-10-18(11-9-17)27(28,29)30/h1-2,8-11,15-16H,7,12-14H2,3-4H3,(H,31,33). The summed E-state index contributed by atoms with van der Waals surface area (Å²) in [6.07, 6.45) is 5.45. The highest BCUT2D eigenvalue weighted by molar-refractivity contribution is 6.08. The monoisotopic (exact) mass is 544 g/mol. The SMILES string of the molecule is C#CC(=O)Nc1cc(OC)c(OCCCN(C(=O)C#C)C(=O)Cc2ccc(C(F)(F)F)cc2)cc1C(=O)OC. The molecule has 0 spiro atoms. The van der Waals surface area contributed by atoms with Gasteiger partial charge in [0.2, 0.25) is 5.91 Å². The minimum Gasteiger partial charge on any atom is -0.493 e. The zero-order chi connectivity index (χ0) is 29.2. The molecule has 0 aliphatic heterocycles. The van der Waals surface area contributed by atoms with E-state index in [4.69, 9.17) is 27.1 Å². The second-order valence-electron chi connectivity index (χ2n) is 7.71. The largest absolute Gasteiger partial charge is 0.493 e. The number of hydrogen-bond donors (Lipinski definition) is 1. The van der Waals surface area contributed by atoms with E-state index >= 15 is 0 Å². The number of nitrogens with zero attached hydrogens (tertiary/aromatic N) is 1. The maximum absolute atomic E-state index is 12.8. The van der Waals surface area contributed by atoms with Gasteiger partial charge in [-0.05, 0) is 36.0 Å². The molecule has 0 saturated heterocycles. The molecule has 39 heavy (non-hydrogen) atoms. The lowest BCUT2D eigenvalue weighted by Gasteiger charge is -2.19. The van der Waals surface area contributed by atoms with Crippen molar-refractivity contribution in [1.29, 1.82) is 0 Å². The van der Waals surface area contributed by atoms with Crippen LogP contribution in [0.4, 0.5) is 18.9 Å². The fourth-order valence-corrected chi connectivity index (χ4v) is 3.28. The van der Waals surface area contributed by atoms with E-state index in [1.54, 1.807) is 0 Å². The van der Waals surface area contributed by atoms with Crippen LogP contribution >= 0.6 is 0 Å². The van der Waals surface area contributed by atoms with Crippen molar-refractivity contribution in [1.82, 2.24) is 4.90 Å². The second kappa shape index (κ2) is 13.5. The first-order valence-corrected chi connectivity index (χ1v) is 11.1. The molecule has 1 N–H and O–H groups in total. The van der Waals surface area contributed by atoms with Crippen molar-refractivity contribution in [2.24, 2.45) is 0 Å². The molecule has 12 heteroatoms. The van der Waals surface area contributed by atoms with Gasteiger partial charge in [-0.3, -0.25) is 19.3 Å². The quantitative estimate of drug-likeness (QED) is 0.278. The highest BCUT2D eigenvalue weighted by Crippen LogP contribution is 2.34. The number of nitrogens with one attached hydrogen (secondary N) is 1. The minimum absolute atomic E-state index is 0.0219. The number of hydrogen-bond acceptors (Lipinski definition) is 7. The summed E-state index contributed by atoms with van der Waals surface area (Å²) < 4.78 is 53.9. The van der Waals surface area contributed by atoms with Gasteiger partial charge < -0.3 is 19.5 Å². The Kier molecular flexibility index (Phi) is 10.5. The van der Waals surface area contributed by atoms with Gasteiger partial charge in [-0.15, -0.1) is 12.8 Å². The molecular weight excluding hydrogens is 521 g/mol. The average Bonchev–Trinajstić information content (AvgIpc) is 2.91. The van der Waals surface area contributed by atoms with E-state index < -0.39 is 35.4 Å². The Morgan fingerprint density at radius 1 is 1.00 bits per heavy atom. The first-order valence-electron chi connectivity index (χ1n) is 11.1. The molecule has 9 nitrogen and oxygen atoms in total. The van der Waals surface area contributed by atoms with Gasteiger partial charge in [0.15, 0.2) is 11.5 Å². The molecule has 0 bridgehead atoms. The summed E-state index contributed by atoms with van der Waals surface area (Å²) in [6.45, 7) is -0.236. The van der Waals surface area contributed by atoms with Crippen molar-refractivity contribution in [3.05, 3.63) is 53.1 Å². The zero-order valence-corrected chi connectivity index (χ0v) is 20.9. The third-order valence-electron chi connectivity index (χ3n) is 5.18. The molecule has 0 heterocycles. The number of esters is 1. The molecule has 0 aliphatic carbocycles. The second-order valence-corrected chi connectivity index (χ2v) is 7.71. The molecule has 0 unspecified atom stereocenters. The van der Waals surface area contributed by atoms with Crippen LogP contribution in [0.2, 0.25) is 0 Å². The Morgan fingerprint density at radius 3 is 2.21 bits per heavy atom. The number of carbonyl (C=O) groups is 4. The first kappa shape index (κ1) is 30.3. The first-order chi connectivity index (χ1) is 18.4. The Hall–Kier alpha value is -4.97. The summed E-state index contributed by atoms with van der Waals surface area (Å²) in [6, 6.07) is 6.52. The fraction of sp³-hybridized carbons (Fsp3) is 0.259. The number of terminal acetylenes is 2. The highest BCUT2D eigenvalue weighted by Gasteiger charge is 2.30. The third-order valence-corrected chi connectivity index (χ3v) is 5.18. The number of anilines is 1. The van der Waals surface area contributed by atoms with E-state index in [1.165, 1.54) is 19.2 Å². The molecule has 0 fully saturated rings. The number of benzene rings is 2. The number of rotatable bonds is 10. The van der Waals surface area contributed by atoms with Gasteiger partial charge in [-0.2, -0.15) is 13.2 Å². The smallest absolute Gasteiger partial charge is 0.416 e. The van der Waals surface area contributed by atoms with Crippen molar-refractivity contribution >= 4 is 29.4 Å². The van der Waals surface area contributed by atoms with Crippen LogP contribution in [-0.2, 0) is 31.7 Å². The fourth-order valence-electron chi connectivity index (χ4n) is 3.28. The van der Waals surface area contributed by atoms with Crippen LogP contribution in [-0.4, -0.2) is 56.0 Å². The molecule has 2 aromatic carbocycles. The van der Waals surface area contributed by atoms with Crippen LogP contribution in [0.1, 0.15) is 27.9 Å². The van der Waals surface area contributed by atoms with Gasteiger partial charge >= 0.3 is 18.1 Å². The summed E-state index contributed by atoms with van der Waals surface area (Å²) in [5.41, 5.74) is -0.665. The molecule has 0 atom stereocenters. The molecule has 204 valence electrons. The van der Waals surface area contributed by atoms with Crippen molar-refractivity contribution in [3.8, 4) is 36.2 Å². The van der Waals surface area contributed by atoms with E-state index in [9.17, 15) is 32.3 Å². The number of ether oxygens (including phenoxy) is 3. The summed E-state index contributed by atoms with van der Waals surface area (Å²) in [5, 5.41) is 2.35. The Bertz CT molecular complexity index is 1320. The van der Waals surface area contributed by atoms with Gasteiger partial charge in [0.05, 0.1) is 44.1 Å². The summed E-state index contributed by atoms with van der Waals surface area (Å²) in [7, 11) is 2.46. The molecular formula is C27H23F3N2O7. The van der Waals surface area contributed by atoms with Gasteiger partial charge in [-0.25, -0.2) is 4.79 Å². The maximum Gasteiger partial charge on any atom is 0.416 e. The van der Waals surface area contributed by atoms with Crippen LogP contribution in [0.25, 0.3) is 0 Å². The third kappa shape index (κ3) is 8.27. The lowest BCUT2D eigenvalue weighted by atomic mass is 10.1. The normalized spacial score (nSPS) is 10.4. The number of carbonyl (C=O) groups excluding carboxylic acids is 4. The van der Waals surface area contributed by atoms with E-state index in [0.717, 1.165) is 36.3 Å². The number of alkyl halides is 3. The molecule has 3 amide bonds. The molecule has 2 aromatic rings. The van der Waals surface area contributed by atoms with Crippen molar-refractivity contribution in [2.45, 2.75) is 19.0 Å². The van der Waals surface area contributed by atoms with Crippen LogP contribution in [0.15, 0.2) is 36.4 Å². The lowest BCUT2D eigenvalue weighted by molar-refractivity contribution is -0.141. The van der Waals surface area contributed by atoms with Crippen LogP contribution in [0.5, 0.6) is 11.5 Å². The maximum atomic E-state index is 12.8. The van der Waals surface area contributed by atoms with E-state index in [0.29, 0.717) is 0 Å². The van der Waals surface area contributed by atoms with E-state index in [1.807, 2.05) is 11.8 Å². The molecule has 0 aromatic heterocycles. The summed E-state index contributed by atoms with van der Waals surface area (Å²) in [5.74, 6) is 0.675. The van der Waals surface area contributed by atoms with Crippen LogP contribution < -0.4 is 14.8 Å². The van der Waals surface area contributed by atoms with E-state index in [-0.39, 0.29) is 54.3 Å². The van der Waals surface area contributed by atoms with Crippen LogP contribution in [0, 0.1) is 24.7 Å². The molecule has 0 radical (unpaired) electrons. The van der Waals surface area contributed by atoms with E-state index in [2.05, 4.69) is 5.32 Å². The summed E-state index contributed by atoms with van der Waals surface area (Å²) >= 11 is 0. The van der Waals surface area contributed by atoms with Crippen molar-refractivity contribution in [3.63, 3.8) is 0 Å². The topological polar surface area (TPSA) is 111 Å². The molecule has 0 saturated carbocycles. The zero-order valence-electron chi connectivity index (χ0n) is 20.9. The van der Waals surface area contributed by atoms with Crippen molar-refractivity contribution < 1.29 is 46.6 Å². The number of amides is 3. The number of methoxy groups -OCH3 is 2. The minimum atomic E-state index is -4.52. The van der Waals surface area contributed by atoms with Crippen molar-refractivity contribution in [2.75, 3.05) is 32.7 Å². The average molecular weight is 544 g/mol. The number of imide groups is 1. The molecule has 0 aliphatic rings. The Balaban J connectivity index is 2.12. The summed E-state index contributed by atoms with van der Waals surface area (Å²) in [4.78, 5) is 49.5. The Morgan fingerprint density at radius 2 is 1.67 bits per heavy atom. The number of halogens is 3.